The van der Waals surface area contributed by atoms with Gasteiger partial charge < -0.3 is 0 Å². The Morgan fingerprint density at radius 1 is 1.53 bits per heavy atom. The lowest BCUT2D eigenvalue weighted by atomic mass is 9.76. The van der Waals surface area contributed by atoms with Crippen LogP contribution < -0.4 is 0 Å². The van der Waals surface area contributed by atoms with Crippen molar-refractivity contribution in [2.45, 2.75) is 51.7 Å². The van der Waals surface area contributed by atoms with Crippen LogP contribution in [0.25, 0.3) is 0 Å². The van der Waals surface area contributed by atoms with Crippen molar-refractivity contribution >= 4 is 0 Å². The molecule has 1 nitrogen and oxygen atoms in total. The topological polar surface area (TPSA) is 3.24 Å². The van der Waals surface area contributed by atoms with Crippen LogP contribution >= 0.6 is 0 Å². The molecule has 0 bridgehead atoms. The molecule has 0 aromatic heterocycles. The number of hydrogen-bond donors (Lipinski definition) is 0. The second-order valence-corrected chi connectivity index (χ2v) is 6.45. The molecule has 0 amide bonds. The summed E-state index contributed by atoms with van der Waals surface area (Å²) in [6, 6.07) is 0. The monoisotopic (exact) mass is 211 g/mol. The van der Waals surface area contributed by atoms with Crippen LogP contribution in [-0.4, -0.2) is 29.7 Å². The first-order valence-electron chi connectivity index (χ1n) is 5.89. The molecule has 2 atom stereocenters. The third-order valence-electron chi connectivity index (χ3n) is 3.67. The summed E-state index contributed by atoms with van der Waals surface area (Å²) in [7, 11) is 0. The molecule has 0 aromatic rings. The van der Waals surface area contributed by atoms with Crippen LogP contribution in [0.2, 0.25) is 0 Å². The van der Waals surface area contributed by atoms with Gasteiger partial charge in [0.2, 0.25) is 0 Å². The van der Waals surface area contributed by atoms with E-state index in [1.165, 1.54) is 5.57 Å². The van der Waals surface area contributed by atoms with E-state index in [4.69, 9.17) is 0 Å². The maximum absolute atomic E-state index is 14.2. The van der Waals surface area contributed by atoms with Crippen molar-refractivity contribution in [1.82, 2.24) is 4.90 Å². The predicted molar refractivity (Wildman–Crippen MR) is 61.6 cm³/mol. The quantitative estimate of drug-likeness (QED) is 0.602. The van der Waals surface area contributed by atoms with E-state index < -0.39 is 6.17 Å². The molecular weight excluding hydrogens is 189 g/mol. The first-order valence-corrected chi connectivity index (χ1v) is 5.89. The predicted octanol–water partition coefficient (Wildman–Crippen LogP) is 3.17. The average molecular weight is 211 g/mol. The lowest BCUT2D eigenvalue weighted by Crippen LogP contribution is -2.46. The summed E-state index contributed by atoms with van der Waals surface area (Å²) in [5, 5.41) is 0. The Balaban J connectivity index is 2.25. The fourth-order valence-corrected chi connectivity index (χ4v) is 3.38. The van der Waals surface area contributed by atoms with Crippen molar-refractivity contribution < 1.29 is 4.39 Å². The fraction of sp³-hybridized carbons (Fsp3) is 0.846. The highest BCUT2D eigenvalue weighted by molar-refractivity contribution is 5.21. The van der Waals surface area contributed by atoms with E-state index in [0.29, 0.717) is 6.42 Å². The summed E-state index contributed by atoms with van der Waals surface area (Å²) in [5.74, 6) is 0. The van der Waals surface area contributed by atoms with Crippen molar-refractivity contribution in [3.63, 3.8) is 0 Å². The Hall–Kier alpha value is -0.370. The standard InChI is InChI=1S/C13H22FN/c1-10-7-13(9-12(2,3)4)11(14)5-6-15(13)8-10/h11H,1,5-9H2,2-4H3. The smallest absolute Gasteiger partial charge is 0.120 e. The lowest BCUT2D eigenvalue weighted by molar-refractivity contribution is 0.0708. The second-order valence-electron chi connectivity index (χ2n) is 6.45. The van der Waals surface area contributed by atoms with Gasteiger partial charge >= 0.3 is 0 Å². The van der Waals surface area contributed by atoms with Crippen molar-refractivity contribution in [2.24, 2.45) is 5.41 Å². The van der Waals surface area contributed by atoms with E-state index in [1.807, 2.05) is 0 Å². The van der Waals surface area contributed by atoms with Crippen LogP contribution in [0.5, 0.6) is 0 Å². The molecule has 0 radical (unpaired) electrons. The molecule has 0 aliphatic carbocycles. The minimum atomic E-state index is -0.657. The Labute approximate surface area is 92.3 Å². The van der Waals surface area contributed by atoms with Crippen LogP contribution in [0, 0.1) is 5.41 Å². The molecule has 0 aromatic carbocycles. The van der Waals surface area contributed by atoms with E-state index in [2.05, 4.69) is 32.3 Å². The zero-order valence-corrected chi connectivity index (χ0v) is 10.1. The van der Waals surface area contributed by atoms with Crippen molar-refractivity contribution in [2.75, 3.05) is 13.1 Å². The van der Waals surface area contributed by atoms with Gasteiger partial charge in [-0.25, -0.2) is 4.39 Å². The number of hydrogen-bond acceptors (Lipinski definition) is 1. The molecular formula is C13H22FN. The minimum absolute atomic E-state index is 0.192. The van der Waals surface area contributed by atoms with E-state index in [0.717, 1.165) is 25.9 Å². The second kappa shape index (κ2) is 3.31. The molecule has 0 spiro atoms. The average Bonchev–Trinajstić information content (AvgIpc) is 2.47. The Kier molecular flexibility index (Phi) is 2.45. The summed E-state index contributed by atoms with van der Waals surface area (Å²) in [6.45, 7) is 12.5. The number of halogens is 1. The third-order valence-corrected chi connectivity index (χ3v) is 3.67. The highest BCUT2D eigenvalue weighted by Crippen LogP contribution is 2.48. The first-order chi connectivity index (χ1) is 6.83. The van der Waals surface area contributed by atoms with Gasteiger partial charge in [0.25, 0.3) is 0 Å². The highest BCUT2D eigenvalue weighted by Gasteiger charge is 2.54. The molecule has 15 heavy (non-hydrogen) atoms. The molecule has 2 heteroatoms. The van der Waals surface area contributed by atoms with Gasteiger partial charge in [-0.2, -0.15) is 0 Å². The first kappa shape index (κ1) is 11.1. The number of alkyl halides is 1. The summed E-state index contributed by atoms with van der Waals surface area (Å²) in [5.41, 5.74) is 1.19. The van der Waals surface area contributed by atoms with Crippen LogP contribution in [0.1, 0.15) is 40.0 Å². The largest absolute Gasteiger partial charge is 0.290 e. The van der Waals surface area contributed by atoms with E-state index in [1.54, 1.807) is 0 Å². The molecule has 0 N–H and O–H groups in total. The zero-order chi connectivity index (χ0) is 11.3. The number of fused-ring (bicyclic) bond motifs is 1. The summed E-state index contributed by atoms with van der Waals surface area (Å²) < 4.78 is 14.2. The molecule has 2 aliphatic rings. The van der Waals surface area contributed by atoms with E-state index >= 15 is 0 Å². The van der Waals surface area contributed by atoms with E-state index in [-0.39, 0.29) is 11.0 Å². The van der Waals surface area contributed by atoms with Crippen LogP contribution in [-0.2, 0) is 0 Å². The Morgan fingerprint density at radius 2 is 2.20 bits per heavy atom. The van der Waals surface area contributed by atoms with Gasteiger partial charge in [0.05, 0.1) is 5.54 Å². The van der Waals surface area contributed by atoms with Gasteiger partial charge in [0, 0.05) is 13.1 Å². The van der Waals surface area contributed by atoms with Gasteiger partial charge in [-0.3, -0.25) is 4.90 Å². The highest BCUT2D eigenvalue weighted by atomic mass is 19.1. The van der Waals surface area contributed by atoms with Crippen LogP contribution in [0.4, 0.5) is 4.39 Å². The molecule has 0 saturated carbocycles. The van der Waals surface area contributed by atoms with E-state index in [9.17, 15) is 4.39 Å². The van der Waals surface area contributed by atoms with Crippen LogP contribution in [0.15, 0.2) is 12.2 Å². The van der Waals surface area contributed by atoms with Crippen molar-refractivity contribution in [3.05, 3.63) is 12.2 Å². The lowest BCUT2D eigenvalue weighted by Gasteiger charge is -2.38. The van der Waals surface area contributed by atoms with Gasteiger partial charge in [-0.05, 0) is 24.7 Å². The zero-order valence-electron chi connectivity index (χ0n) is 10.1. The Morgan fingerprint density at radius 3 is 2.80 bits per heavy atom. The molecule has 2 rings (SSSR count). The maximum Gasteiger partial charge on any atom is 0.120 e. The minimum Gasteiger partial charge on any atom is -0.290 e. The van der Waals surface area contributed by atoms with Gasteiger partial charge in [0.15, 0.2) is 0 Å². The molecule has 2 saturated heterocycles. The van der Waals surface area contributed by atoms with Gasteiger partial charge in [-0.15, -0.1) is 0 Å². The SMILES string of the molecule is C=C1CN2CCC(F)C2(CC(C)(C)C)C1. The van der Waals surface area contributed by atoms with Gasteiger partial charge in [0.1, 0.15) is 6.17 Å². The number of nitrogens with zero attached hydrogens (tertiary/aromatic N) is 1. The molecule has 2 aliphatic heterocycles. The maximum atomic E-state index is 14.2. The van der Waals surface area contributed by atoms with Gasteiger partial charge in [-0.1, -0.05) is 32.9 Å². The Bertz CT molecular complexity index is 279. The summed E-state index contributed by atoms with van der Waals surface area (Å²) in [6.07, 6.45) is 1.87. The molecule has 2 heterocycles. The fourth-order valence-electron chi connectivity index (χ4n) is 3.38. The molecule has 2 unspecified atom stereocenters. The van der Waals surface area contributed by atoms with Crippen LogP contribution in [0.3, 0.4) is 0 Å². The number of rotatable bonds is 1. The van der Waals surface area contributed by atoms with Crippen molar-refractivity contribution in [1.29, 1.82) is 0 Å². The summed E-state index contributed by atoms with van der Waals surface area (Å²) in [4.78, 5) is 2.32. The third kappa shape index (κ3) is 1.84. The molecule has 86 valence electrons. The van der Waals surface area contributed by atoms with Crippen molar-refractivity contribution in [3.8, 4) is 0 Å². The summed E-state index contributed by atoms with van der Waals surface area (Å²) >= 11 is 0. The normalized spacial score (nSPS) is 37.3. The molecule has 2 fully saturated rings.